The van der Waals surface area contributed by atoms with E-state index in [1.54, 1.807) is 6.92 Å². The van der Waals surface area contributed by atoms with E-state index in [9.17, 15) is 9.59 Å². The molecule has 1 fully saturated rings. The average molecular weight is 191 g/mol. The Morgan fingerprint density at radius 3 is 2.64 bits per heavy atom. The van der Waals surface area contributed by atoms with Gasteiger partial charge in [-0.1, -0.05) is 0 Å². The van der Waals surface area contributed by atoms with Crippen molar-refractivity contribution in [1.82, 2.24) is 9.55 Å². The highest BCUT2D eigenvalue weighted by Crippen LogP contribution is 2.34. The summed E-state index contributed by atoms with van der Waals surface area (Å²) in [6, 6.07) is 1.98. The van der Waals surface area contributed by atoms with Crippen molar-refractivity contribution in [2.24, 2.45) is 0 Å². The topological polar surface area (TPSA) is 78.7 Å². The molecule has 0 bridgehead atoms. The van der Waals surface area contributed by atoms with Gasteiger partial charge in [0.25, 0.3) is 5.56 Å². The van der Waals surface area contributed by atoms with Gasteiger partial charge in [0.1, 0.15) is 11.6 Å². The van der Waals surface area contributed by atoms with E-state index in [1.165, 1.54) is 4.57 Å². The Morgan fingerprint density at radius 1 is 1.50 bits per heavy atom. The molecule has 1 aromatic heterocycles. The maximum atomic E-state index is 11.4. The van der Waals surface area contributed by atoms with Crippen LogP contribution in [0.5, 0.6) is 0 Å². The van der Waals surface area contributed by atoms with Crippen molar-refractivity contribution in [3.8, 4) is 6.07 Å². The van der Waals surface area contributed by atoms with Gasteiger partial charge < -0.3 is 0 Å². The molecule has 72 valence electrons. The second kappa shape index (κ2) is 2.84. The first-order valence-corrected chi connectivity index (χ1v) is 4.40. The number of nitrogens with zero attached hydrogens (tertiary/aromatic N) is 2. The zero-order valence-corrected chi connectivity index (χ0v) is 7.70. The van der Waals surface area contributed by atoms with E-state index < -0.39 is 11.2 Å². The van der Waals surface area contributed by atoms with Crippen molar-refractivity contribution in [1.29, 1.82) is 5.26 Å². The second-order valence-corrected chi connectivity index (χ2v) is 3.43. The Labute approximate surface area is 79.6 Å². The number of rotatable bonds is 1. The number of aromatic amines is 1. The van der Waals surface area contributed by atoms with Crippen LogP contribution in [0.25, 0.3) is 0 Å². The van der Waals surface area contributed by atoms with Crippen LogP contribution < -0.4 is 11.2 Å². The molecule has 0 unspecified atom stereocenters. The van der Waals surface area contributed by atoms with Crippen LogP contribution in [0.2, 0.25) is 0 Å². The molecule has 1 heterocycles. The molecule has 1 aromatic rings. The van der Waals surface area contributed by atoms with Crippen LogP contribution in [-0.4, -0.2) is 9.55 Å². The molecule has 1 aliphatic carbocycles. The third kappa shape index (κ3) is 1.16. The van der Waals surface area contributed by atoms with Gasteiger partial charge in [-0.05, 0) is 19.8 Å². The molecule has 0 saturated heterocycles. The van der Waals surface area contributed by atoms with Gasteiger partial charge in [0.05, 0.1) is 0 Å². The summed E-state index contributed by atoms with van der Waals surface area (Å²) in [5.74, 6) is 0. The van der Waals surface area contributed by atoms with Crippen molar-refractivity contribution < 1.29 is 0 Å². The molecule has 0 aliphatic heterocycles. The third-order valence-corrected chi connectivity index (χ3v) is 2.41. The molecule has 0 spiro atoms. The summed E-state index contributed by atoms with van der Waals surface area (Å²) in [5.41, 5.74) is -0.485. The highest BCUT2D eigenvalue weighted by Gasteiger charge is 2.27. The van der Waals surface area contributed by atoms with Crippen molar-refractivity contribution in [2.75, 3.05) is 0 Å². The second-order valence-electron chi connectivity index (χ2n) is 3.43. The summed E-state index contributed by atoms with van der Waals surface area (Å²) >= 11 is 0. The number of aromatic nitrogens is 2. The minimum Gasteiger partial charge on any atom is -0.294 e. The Kier molecular flexibility index (Phi) is 1.78. The lowest BCUT2D eigenvalue weighted by Gasteiger charge is -2.07. The number of H-pyrrole nitrogens is 1. The van der Waals surface area contributed by atoms with Gasteiger partial charge in [-0.15, -0.1) is 0 Å². The van der Waals surface area contributed by atoms with Crippen LogP contribution in [0.3, 0.4) is 0 Å². The van der Waals surface area contributed by atoms with Gasteiger partial charge in [-0.2, -0.15) is 5.26 Å². The lowest BCUT2D eigenvalue weighted by molar-refractivity contribution is 0.649. The molecule has 2 rings (SSSR count). The Bertz CT molecular complexity index is 528. The van der Waals surface area contributed by atoms with Crippen molar-refractivity contribution >= 4 is 0 Å². The molecular formula is C9H9N3O2. The number of nitrogens with one attached hydrogen (secondary N) is 1. The molecule has 0 radical (unpaired) electrons. The Hall–Kier alpha value is -1.83. The van der Waals surface area contributed by atoms with Gasteiger partial charge in [-0.25, -0.2) is 4.79 Å². The molecule has 1 N–H and O–H groups in total. The first-order valence-electron chi connectivity index (χ1n) is 4.40. The van der Waals surface area contributed by atoms with Crippen LogP contribution in [0.1, 0.15) is 30.1 Å². The van der Waals surface area contributed by atoms with Gasteiger partial charge >= 0.3 is 5.69 Å². The molecule has 0 aromatic carbocycles. The summed E-state index contributed by atoms with van der Waals surface area (Å²) in [5, 5.41) is 8.73. The fourth-order valence-electron chi connectivity index (χ4n) is 1.56. The SMILES string of the molecule is Cc1c(C#N)c(=O)[nH]c(=O)n1C1CC1. The van der Waals surface area contributed by atoms with Crippen LogP contribution in [0.15, 0.2) is 9.59 Å². The van der Waals surface area contributed by atoms with Crippen LogP contribution in [0, 0.1) is 18.3 Å². The molecule has 1 saturated carbocycles. The van der Waals surface area contributed by atoms with Crippen LogP contribution in [0.4, 0.5) is 0 Å². The van der Waals surface area contributed by atoms with Crippen molar-refractivity contribution in [2.45, 2.75) is 25.8 Å². The van der Waals surface area contributed by atoms with E-state index in [2.05, 4.69) is 4.98 Å². The minimum atomic E-state index is -0.591. The molecule has 5 heteroatoms. The van der Waals surface area contributed by atoms with E-state index in [0.29, 0.717) is 5.69 Å². The highest BCUT2D eigenvalue weighted by molar-refractivity contribution is 5.30. The number of nitriles is 1. The Morgan fingerprint density at radius 2 is 2.14 bits per heavy atom. The largest absolute Gasteiger partial charge is 0.328 e. The smallest absolute Gasteiger partial charge is 0.294 e. The average Bonchev–Trinajstić information content (AvgIpc) is 2.88. The number of hydrogen-bond acceptors (Lipinski definition) is 3. The van der Waals surface area contributed by atoms with Crippen LogP contribution >= 0.6 is 0 Å². The monoisotopic (exact) mass is 191 g/mol. The van der Waals surface area contributed by atoms with E-state index in [1.807, 2.05) is 6.07 Å². The normalized spacial score (nSPS) is 15.1. The molecule has 5 nitrogen and oxygen atoms in total. The zero-order chi connectivity index (χ0) is 10.3. The van der Waals surface area contributed by atoms with E-state index in [0.717, 1.165) is 12.8 Å². The predicted octanol–water partition coefficient (Wildman–Crippen LogP) is 0.0516. The third-order valence-electron chi connectivity index (χ3n) is 2.41. The summed E-state index contributed by atoms with van der Waals surface area (Å²) in [6.07, 6.45) is 1.88. The lowest BCUT2D eigenvalue weighted by Crippen LogP contribution is -2.33. The zero-order valence-electron chi connectivity index (χ0n) is 7.70. The van der Waals surface area contributed by atoms with E-state index >= 15 is 0 Å². The summed E-state index contributed by atoms with van der Waals surface area (Å²) in [6.45, 7) is 1.63. The maximum Gasteiger partial charge on any atom is 0.328 e. The first-order chi connectivity index (χ1) is 6.65. The highest BCUT2D eigenvalue weighted by atomic mass is 16.2. The predicted molar refractivity (Wildman–Crippen MR) is 49.0 cm³/mol. The fraction of sp³-hybridized carbons (Fsp3) is 0.444. The molecule has 0 atom stereocenters. The van der Waals surface area contributed by atoms with Crippen molar-refractivity contribution in [3.05, 3.63) is 32.1 Å². The van der Waals surface area contributed by atoms with Crippen molar-refractivity contribution in [3.63, 3.8) is 0 Å². The molecule has 14 heavy (non-hydrogen) atoms. The number of hydrogen-bond donors (Lipinski definition) is 1. The van der Waals surface area contributed by atoms with Gasteiger partial charge in [0.2, 0.25) is 0 Å². The summed E-state index contributed by atoms with van der Waals surface area (Å²) in [7, 11) is 0. The quantitative estimate of drug-likeness (QED) is 0.681. The summed E-state index contributed by atoms with van der Waals surface area (Å²) in [4.78, 5) is 24.8. The summed E-state index contributed by atoms with van der Waals surface area (Å²) < 4.78 is 1.50. The minimum absolute atomic E-state index is 0.0384. The van der Waals surface area contributed by atoms with E-state index in [-0.39, 0.29) is 11.6 Å². The first kappa shape index (κ1) is 8.75. The molecule has 1 aliphatic rings. The maximum absolute atomic E-state index is 11.4. The van der Waals surface area contributed by atoms with Gasteiger partial charge in [0, 0.05) is 11.7 Å². The molecular weight excluding hydrogens is 182 g/mol. The fourth-order valence-corrected chi connectivity index (χ4v) is 1.56. The van der Waals surface area contributed by atoms with Gasteiger partial charge in [-0.3, -0.25) is 14.3 Å². The van der Waals surface area contributed by atoms with Gasteiger partial charge in [0.15, 0.2) is 0 Å². The molecule has 0 amide bonds. The van der Waals surface area contributed by atoms with Crippen LogP contribution in [-0.2, 0) is 0 Å². The standard InChI is InChI=1S/C9H9N3O2/c1-5-7(4-10)8(13)11-9(14)12(5)6-2-3-6/h6H,2-3H2,1H3,(H,11,13,14). The lowest BCUT2D eigenvalue weighted by atomic mass is 10.2. The Balaban J connectivity index is 2.79. The van der Waals surface area contributed by atoms with E-state index in [4.69, 9.17) is 5.26 Å².